The maximum absolute atomic E-state index is 12.6. The van der Waals surface area contributed by atoms with Crippen molar-refractivity contribution < 1.29 is 9.59 Å². The monoisotopic (exact) mass is 319 g/mol. The Labute approximate surface area is 139 Å². The van der Waals surface area contributed by atoms with E-state index in [1.807, 2.05) is 12.1 Å². The van der Waals surface area contributed by atoms with Crippen LogP contribution in [0.3, 0.4) is 0 Å². The number of hydrogen-bond donors (Lipinski definition) is 1. The van der Waals surface area contributed by atoms with Crippen LogP contribution in [0.2, 0.25) is 0 Å². The first kappa shape index (κ1) is 19.1. The molecule has 5 heteroatoms. The van der Waals surface area contributed by atoms with E-state index in [1.165, 1.54) is 0 Å². The Bertz CT molecular complexity index is 512. The summed E-state index contributed by atoms with van der Waals surface area (Å²) >= 11 is 0. The van der Waals surface area contributed by atoms with Gasteiger partial charge in [0.15, 0.2) is 0 Å². The van der Waals surface area contributed by atoms with Gasteiger partial charge in [-0.25, -0.2) is 0 Å². The van der Waals surface area contributed by atoms with Crippen molar-refractivity contribution in [2.45, 2.75) is 40.5 Å². The lowest BCUT2D eigenvalue weighted by Gasteiger charge is -2.28. The first-order chi connectivity index (χ1) is 10.7. The Morgan fingerprint density at radius 2 is 1.87 bits per heavy atom. The molecule has 0 aliphatic heterocycles. The minimum absolute atomic E-state index is 0.159. The SMILES string of the molecule is CC(C)CCNC(=O)C(C)(C)C(=O)N(C)CCc1ccncc1. The molecule has 1 rings (SSSR count). The van der Waals surface area contributed by atoms with Gasteiger partial charge < -0.3 is 10.2 Å². The van der Waals surface area contributed by atoms with E-state index in [9.17, 15) is 9.59 Å². The summed E-state index contributed by atoms with van der Waals surface area (Å²) in [4.78, 5) is 30.5. The fraction of sp³-hybridized carbons (Fsp3) is 0.611. The molecule has 2 amide bonds. The van der Waals surface area contributed by atoms with Crippen LogP contribution >= 0.6 is 0 Å². The van der Waals surface area contributed by atoms with E-state index in [1.54, 1.807) is 38.2 Å². The second-order valence-corrected chi connectivity index (χ2v) is 6.90. The number of rotatable bonds is 8. The molecule has 128 valence electrons. The van der Waals surface area contributed by atoms with Gasteiger partial charge in [0, 0.05) is 32.5 Å². The summed E-state index contributed by atoms with van der Waals surface area (Å²) in [5.41, 5.74) is 0.0723. The Morgan fingerprint density at radius 1 is 1.26 bits per heavy atom. The molecule has 0 aliphatic carbocycles. The fourth-order valence-electron chi connectivity index (χ4n) is 2.22. The van der Waals surface area contributed by atoms with Gasteiger partial charge in [-0.05, 0) is 50.3 Å². The highest BCUT2D eigenvalue weighted by Gasteiger charge is 2.37. The van der Waals surface area contributed by atoms with Crippen molar-refractivity contribution in [1.82, 2.24) is 15.2 Å². The molecule has 0 spiro atoms. The number of carbonyl (C=O) groups is 2. The smallest absolute Gasteiger partial charge is 0.237 e. The zero-order valence-corrected chi connectivity index (χ0v) is 14.9. The Morgan fingerprint density at radius 3 is 2.43 bits per heavy atom. The summed E-state index contributed by atoms with van der Waals surface area (Å²) in [6, 6.07) is 3.87. The molecule has 5 nitrogen and oxygen atoms in total. The van der Waals surface area contributed by atoms with E-state index >= 15 is 0 Å². The van der Waals surface area contributed by atoms with Gasteiger partial charge >= 0.3 is 0 Å². The molecule has 0 unspecified atom stereocenters. The lowest BCUT2D eigenvalue weighted by molar-refractivity contribution is -0.147. The van der Waals surface area contributed by atoms with Crippen LogP contribution in [0, 0.1) is 11.3 Å². The van der Waals surface area contributed by atoms with Crippen LogP contribution in [0.1, 0.15) is 39.7 Å². The van der Waals surface area contributed by atoms with Crippen LogP contribution in [-0.4, -0.2) is 41.8 Å². The molecule has 0 bridgehead atoms. The second kappa shape index (κ2) is 8.65. The van der Waals surface area contributed by atoms with Crippen molar-refractivity contribution >= 4 is 11.8 Å². The molecule has 0 fully saturated rings. The van der Waals surface area contributed by atoms with E-state index in [2.05, 4.69) is 24.1 Å². The molecule has 0 saturated heterocycles. The first-order valence-corrected chi connectivity index (χ1v) is 8.18. The van der Waals surface area contributed by atoms with Crippen molar-refractivity contribution in [2.24, 2.45) is 11.3 Å². The van der Waals surface area contributed by atoms with Crippen LogP contribution in [0.25, 0.3) is 0 Å². The van der Waals surface area contributed by atoms with Crippen molar-refractivity contribution in [3.8, 4) is 0 Å². The number of hydrogen-bond acceptors (Lipinski definition) is 3. The van der Waals surface area contributed by atoms with E-state index in [4.69, 9.17) is 0 Å². The third kappa shape index (κ3) is 6.00. The van der Waals surface area contributed by atoms with E-state index in [-0.39, 0.29) is 11.8 Å². The van der Waals surface area contributed by atoms with Gasteiger partial charge in [0.05, 0.1) is 0 Å². The molecule has 0 aliphatic rings. The third-order valence-electron chi connectivity index (χ3n) is 3.94. The Hall–Kier alpha value is -1.91. The average Bonchev–Trinajstić information content (AvgIpc) is 2.52. The highest BCUT2D eigenvalue weighted by molar-refractivity contribution is 6.04. The zero-order chi connectivity index (χ0) is 17.5. The molecule has 0 saturated carbocycles. The minimum atomic E-state index is -1.05. The van der Waals surface area contributed by atoms with Crippen molar-refractivity contribution in [1.29, 1.82) is 0 Å². The molecule has 0 atom stereocenters. The zero-order valence-electron chi connectivity index (χ0n) is 14.9. The first-order valence-electron chi connectivity index (χ1n) is 8.18. The van der Waals surface area contributed by atoms with Crippen LogP contribution in [0.4, 0.5) is 0 Å². The summed E-state index contributed by atoms with van der Waals surface area (Å²) < 4.78 is 0. The summed E-state index contributed by atoms with van der Waals surface area (Å²) in [6.07, 6.45) is 5.14. The van der Waals surface area contributed by atoms with Crippen molar-refractivity contribution in [2.75, 3.05) is 20.1 Å². The number of nitrogens with one attached hydrogen (secondary N) is 1. The van der Waals surface area contributed by atoms with Gasteiger partial charge in [-0.15, -0.1) is 0 Å². The van der Waals surface area contributed by atoms with Crippen LogP contribution < -0.4 is 5.32 Å². The molecular formula is C18H29N3O2. The van der Waals surface area contributed by atoms with E-state index in [0.717, 1.165) is 18.4 Å². The second-order valence-electron chi connectivity index (χ2n) is 6.90. The molecule has 23 heavy (non-hydrogen) atoms. The number of carbonyl (C=O) groups excluding carboxylic acids is 2. The van der Waals surface area contributed by atoms with Crippen LogP contribution in [0.5, 0.6) is 0 Å². The minimum Gasteiger partial charge on any atom is -0.355 e. The topological polar surface area (TPSA) is 62.3 Å². The van der Waals surface area contributed by atoms with E-state index in [0.29, 0.717) is 19.0 Å². The Balaban J connectivity index is 2.53. The maximum Gasteiger partial charge on any atom is 0.237 e. The molecule has 1 aromatic rings. The van der Waals surface area contributed by atoms with Gasteiger partial charge in [0.2, 0.25) is 11.8 Å². The predicted octanol–water partition coefficient (Wildman–Crippen LogP) is 2.27. The number of aromatic nitrogens is 1. The van der Waals surface area contributed by atoms with Gasteiger partial charge in [-0.3, -0.25) is 14.6 Å². The largest absolute Gasteiger partial charge is 0.355 e. The fourth-order valence-corrected chi connectivity index (χ4v) is 2.22. The highest BCUT2D eigenvalue weighted by Crippen LogP contribution is 2.19. The lowest BCUT2D eigenvalue weighted by Crippen LogP contribution is -2.49. The summed E-state index contributed by atoms with van der Waals surface area (Å²) in [7, 11) is 1.74. The van der Waals surface area contributed by atoms with Gasteiger partial charge in [-0.1, -0.05) is 13.8 Å². The summed E-state index contributed by atoms with van der Waals surface area (Å²) in [5, 5.41) is 2.87. The lowest BCUT2D eigenvalue weighted by atomic mass is 9.90. The summed E-state index contributed by atoms with van der Waals surface area (Å²) in [6.45, 7) is 8.76. The number of nitrogens with zero attached hydrogens (tertiary/aromatic N) is 2. The molecule has 0 radical (unpaired) electrons. The molecule has 1 aromatic heterocycles. The molecule has 0 aromatic carbocycles. The van der Waals surface area contributed by atoms with Gasteiger partial charge in [0.1, 0.15) is 5.41 Å². The Kier molecular flexibility index (Phi) is 7.20. The van der Waals surface area contributed by atoms with Gasteiger partial charge in [-0.2, -0.15) is 0 Å². The quantitative estimate of drug-likeness (QED) is 0.748. The predicted molar refractivity (Wildman–Crippen MR) is 91.8 cm³/mol. The van der Waals surface area contributed by atoms with Crippen LogP contribution in [0.15, 0.2) is 24.5 Å². The summed E-state index contributed by atoms with van der Waals surface area (Å²) in [5.74, 6) is 0.157. The van der Waals surface area contributed by atoms with E-state index < -0.39 is 5.41 Å². The van der Waals surface area contributed by atoms with Crippen LogP contribution in [-0.2, 0) is 16.0 Å². The number of amides is 2. The third-order valence-corrected chi connectivity index (χ3v) is 3.94. The number of likely N-dealkylation sites (N-methyl/N-ethyl adjacent to an activating group) is 1. The maximum atomic E-state index is 12.6. The molecular weight excluding hydrogens is 290 g/mol. The normalized spacial score (nSPS) is 11.4. The molecule has 1 heterocycles. The standard InChI is InChI=1S/C18H29N3O2/c1-14(2)6-12-20-16(22)18(3,4)17(23)21(5)13-9-15-7-10-19-11-8-15/h7-8,10-11,14H,6,9,12-13H2,1-5H3,(H,20,22). The van der Waals surface area contributed by atoms with Crippen molar-refractivity contribution in [3.63, 3.8) is 0 Å². The van der Waals surface area contributed by atoms with Crippen molar-refractivity contribution in [3.05, 3.63) is 30.1 Å². The highest BCUT2D eigenvalue weighted by atomic mass is 16.2. The van der Waals surface area contributed by atoms with Gasteiger partial charge in [0.25, 0.3) is 0 Å². The number of pyridine rings is 1. The average molecular weight is 319 g/mol. The molecule has 1 N–H and O–H groups in total.